The second-order valence-electron chi connectivity index (χ2n) is 3.94. The summed E-state index contributed by atoms with van der Waals surface area (Å²) in [5, 5.41) is 12.8. The summed E-state index contributed by atoms with van der Waals surface area (Å²) in [6.07, 6.45) is 2.77. The molecule has 1 fully saturated rings. The lowest BCUT2D eigenvalue weighted by Crippen LogP contribution is -2.43. The van der Waals surface area contributed by atoms with E-state index in [1.807, 2.05) is 0 Å². The first kappa shape index (κ1) is 9.46. The molecule has 0 unspecified atom stereocenters. The molecule has 3 heteroatoms. The maximum atomic E-state index is 12.8. The van der Waals surface area contributed by atoms with Crippen LogP contribution in [0.5, 0.6) is 0 Å². The van der Waals surface area contributed by atoms with Crippen LogP contribution in [0.1, 0.15) is 19.3 Å². The largest absolute Gasteiger partial charge is 0.388 e. The maximum absolute atomic E-state index is 12.8. The molecule has 0 heterocycles. The minimum Gasteiger partial charge on any atom is -0.388 e. The number of hydrogen-bond acceptors (Lipinski definition) is 2. The van der Waals surface area contributed by atoms with Gasteiger partial charge >= 0.3 is 0 Å². The number of hydrogen-bond donors (Lipinski definition) is 2. The Morgan fingerprint density at radius 1 is 1.43 bits per heavy atom. The van der Waals surface area contributed by atoms with E-state index in [1.54, 1.807) is 12.1 Å². The zero-order valence-electron chi connectivity index (χ0n) is 7.96. The van der Waals surface area contributed by atoms with Crippen molar-refractivity contribution in [2.75, 3.05) is 11.9 Å². The van der Waals surface area contributed by atoms with Gasteiger partial charge in [0.1, 0.15) is 5.82 Å². The van der Waals surface area contributed by atoms with Crippen molar-refractivity contribution in [2.45, 2.75) is 24.9 Å². The van der Waals surface area contributed by atoms with Crippen LogP contribution in [-0.2, 0) is 0 Å². The number of aliphatic hydroxyl groups is 1. The molecule has 0 aromatic heterocycles. The van der Waals surface area contributed by atoms with E-state index < -0.39 is 5.60 Å². The lowest BCUT2D eigenvalue weighted by molar-refractivity contribution is -0.0202. The van der Waals surface area contributed by atoms with Crippen LogP contribution >= 0.6 is 0 Å². The molecular formula is C11H14FNO. The van der Waals surface area contributed by atoms with E-state index in [4.69, 9.17) is 0 Å². The molecule has 0 saturated heterocycles. The molecule has 1 saturated carbocycles. The number of nitrogens with one attached hydrogen (secondary N) is 1. The Kier molecular flexibility index (Phi) is 2.42. The molecule has 0 amide bonds. The van der Waals surface area contributed by atoms with Gasteiger partial charge in [-0.25, -0.2) is 4.39 Å². The van der Waals surface area contributed by atoms with Crippen molar-refractivity contribution >= 4 is 5.69 Å². The third kappa shape index (κ3) is 2.04. The summed E-state index contributed by atoms with van der Waals surface area (Å²) in [4.78, 5) is 0. The lowest BCUT2D eigenvalue weighted by Gasteiger charge is -2.36. The SMILES string of the molecule is OC1(CNc2cccc(F)c2)CCC1. The Morgan fingerprint density at radius 2 is 2.21 bits per heavy atom. The fraction of sp³-hybridized carbons (Fsp3) is 0.455. The van der Waals surface area contributed by atoms with Gasteiger partial charge in [-0.2, -0.15) is 0 Å². The molecule has 0 atom stereocenters. The second kappa shape index (κ2) is 3.58. The lowest BCUT2D eigenvalue weighted by atomic mass is 9.80. The first-order valence-corrected chi connectivity index (χ1v) is 4.90. The van der Waals surface area contributed by atoms with Crippen molar-refractivity contribution in [3.63, 3.8) is 0 Å². The van der Waals surface area contributed by atoms with E-state index in [0.717, 1.165) is 24.9 Å². The van der Waals surface area contributed by atoms with Crippen molar-refractivity contribution < 1.29 is 9.50 Å². The molecule has 1 aromatic rings. The second-order valence-corrected chi connectivity index (χ2v) is 3.94. The molecule has 0 spiro atoms. The van der Waals surface area contributed by atoms with Crippen molar-refractivity contribution in [1.29, 1.82) is 0 Å². The fourth-order valence-electron chi connectivity index (χ4n) is 1.63. The first-order valence-electron chi connectivity index (χ1n) is 4.90. The van der Waals surface area contributed by atoms with Gasteiger partial charge < -0.3 is 10.4 Å². The summed E-state index contributed by atoms with van der Waals surface area (Å²) in [7, 11) is 0. The van der Waals surface area contributed by atoms with Crippen LogP contribution in [0.3, 0.4) is 0 Å². The molecule has 76 valence electrons. The van der Waals surface area contributed by atoms with Gasteiger partial charge in [0.05, 0.1) is 5.60 Å². The van der Waals surface area contributed by atoms with E-state index in [1.165, 1.54) is 12.1 Å². The predicted molar refractivity (Wildman–Crippen MR) is 53.7 cm³/mol. The van der Waals surface area contributed by atoms with E-state index >= 15 is 0 Å². The number of benzene rings is 1. The summed E-state index contributed by atoms with van der Waals surface area (Å²) in [5.74, 6) is -0.254. The van der Waals surface area contributed by atoms with E-state index in [-0.39, 0.29) is 5.82 Å². The minimum absolute atomic E-state index is 0.254. The average molecular weight is 195 g/mol. The molecule has 0 bridgehead atoms. The Morgan fingerprint density at radius 3 is 2.79 bits per heavy atom. The highest BCUT2D eigenvalue weighted by Gasteiger charge is 2.33. The Bertz CT molecular complexity index is 323. The van der Waals surface area contributed by atoms with Gasteiger partial charge in [0.2, 0.25) is 0 Å². The predicted octanol–water partition coefficient (Wildman–Crippen LogP) is 2.15. The van der Waals surface area contributed by atoms with Crippen molar-refractivity contribution in [3.8, 4) is 0 Å². The van der Waals surface area contributed by atoms with Gasteiger partial charge in [-0.05, 0) is 37.5 Å². The topological polar surface area (TPSA) is 32.3 Å². The summed E-state index contributed by atoms with van der Waals surface area (Å²) in [6, 6.07) is 6.29. The molecule has 2 N–H and O–H groups in total. The van der Waals surface area contributed by atoms with E-state index in [2.05, 4.69) is 5.32 Å². The highest BCUT2D eigenvalue weighted by atomic mass is 19.1. The third-order valence-electron chi connectivity index (χ3n) is 2.73. The zero-order valence-corrected chi connectivity index (χ0v) is 7.96. The quantitative estimate of drug-likeness (QED) is 0.774. The average Bonchev–Trinajstić information content (AvgIpc) is 2.12. The number of halogens is 1. The smallest absolute Gasteiger partial charge is 0.125 e. The molecule has 1 aromatic carbocycles. The normalized spacial score (nSPS) is 18.7. The van der Waals surface area contributed by atoms with Crippen LogP contribution in [0.4, 0.5) is 10.1 Å². The highest BCUT2D eigenvalue weighted by molar-refractivity contribution is 5.43. The Hall–Kier alpha value is -1.09. The Labute approximate surface area is 82.8 Å². The van der Waals surface area contributed by atoms with Crippen molar-refractivity contribution in [3.05, 3.63) is 30.1 Å². The summed E-state index contributed by atoms with van der Waals surface area (Å²) in [5.41, 5.74) is 0.164. The van der Waals surface area contributed by atoms with Gasteiger partial charge in [-0.1, -0.05) is 6.07 Å². The molecule has 2 rings (SSSR count). The third-order valence-corrected chi connectivity index (χ3v) is 2.73. The molecular weight excluding hydrogens is 181 g/mol. The Balaban J connectivity index is 1.91. The highest BCUT2D eigenvalue weighted by Crippen LogP contribution is 2.31. The minimum atomic E-state index is -0.563. The van der Waals surface area contributed by atoms with Crippen LogP contribution in [-0.4, -0.2) is 17.3 Å². The van der Waals surface area contributed by atoms with Gasteiger partial charge in [-0.3, -0.25) is 0 Å². The van der Waals surface area contributed by atoms with E-state index in [9.17, 15) is 9.50 Å². The van der Waals surface area contributed by atoms with Gasteiger partial charge in [0.25, 0.3) is 0 Å². The van der Waals surface area contributed by atoms with Crippen LogP contribution in [0.25, 0.3) is 0 Å². The molecule has 0 radical (unpaired) electrons. The molecule has 1 aliphatic rings. The van der Waals surface area contributed by atoms with E-state index in [0.29, 0.717) is 6.54 Å². The van der Waals surface area contributed by atoms with Crippen molar-refractivity contribution in [2.24, 2.45) is 0 Å². The monoisotopic (exact) mass is 195 g/mol. The summed E-state index contributed by atoms with van der Waals surface area (Å²) in [6.45, 7) is 0.510. The molecule has 14 heavy (non-hydrogen) atoms. The summed E-state index contributed by atoms with van der Waals surface area (Å²) < 4.78 is 12.8. The fourth-order valence-corrected chi connectivity index (χ4v) is 1.63. The standard InChI is InChI=1S/C11H14FNO/c12-9-3-1-4-10(7-9)13-8-11(14)5-2-6-11/h1,3-4,7,13-14H,2,5-6,8H2. The number of anilines is 1. The zero-order chi connectivity index (χ0) is 10.0. The molecule has 2 nitrogen and oxygen atoms in total. The van der Waals surface area contributed by atoms with Gasteiger partial charge in [-0.15, -0.1) is 0 Å². The van der Waals surface area contributed by atoms with Crippen LogP contribution in [0.15, 0.2) is 24.3 Å². The van der Waals surface area contributed by atoms with Crippen LogP contribution < -0.4 is 5.32 Å². The van der Waals surface area contributed by atoms with Gasteiger partial charge in [0.15, 0.2) is 0 Å². The van der Waals surface area contributed by atoms with Crippen molar-refractivity contribution in [1.82, 2.24) is 0 Å². The first-order chi connectivity index (χ1) is 6.68. The van der Waals surface area contributed by atoms with Crippen LogP contribution in [0.2, 0.25) is 0 Å². The van der Waals surface area contributed by atoms with Gasteiger partial charge in [0, 0.05) is 12.2 Å². The molecule has 0 aliphatic heterocycles. The number of rotatable bonds is 3. The molecule has 1 aliphatic carbocycles. The maximum Gasteiger partial charge on any atom is 0.125 e. The van der Waals surface area contributed by atoms with Crippen LogP contribution in [0, 0.1) is 5.82 Å². The summed E-state index contributed by atoms with van der Waals surface area (Å²) >= 11 is 0.